The number of hydrogen-bond donors (Lipinski definition) is 1. The largest absolute Gasteiger partial charge is 0.496 e. The van der Waals surface area contributed by atoms with Crippen LogP contribution in [0.2, 0.25) is 0 Å². The normalized spacial score (nSPS) is 13.4. The van der Waals surface area contributed by atoms with Crippen molar-refractivity contribution < 1.29 is 19.4 Å². The number of amides is 1. The molecule has 1 N–H and O–H groups in total. The average Bonchev–Trinajstić information content (AvgIpc) is 2.43. The van der Waals surface area contributed by atoms with Crippen molar-refractivity contribution >= 4 is 11.9 Å². The summed E-state index contributed by atoms with van der Waals surface area (Å²) in [5.74, 6) is -0.881. The van der Waals surface area contributed by atoms with E-state index >= 15 is 0 Å². The number of rotatable bonds is 6. The van der Waals surface area contributed by atoms with Crippen LogP contribution < -0.4 is 4.74 Å². The minimum atomic E-state index is -1.46. The van der Waals surface area contributed by atoms with Gasteiger partial charge in [0.05, 0.1) is 7.11 Å². The van der Waals surface area contributed by atoms with E-state index in [0.29, 0.717) is 24.3 Å². The summed E-state index contributed by atoms with van der Waals surface area (Å²) in [6.45, 7) is 7.09. The van der Waals surface area contributed by atoms with Gasteiger partial charge in [-0.05, 0) is 32.4 Å². The van der Waals surface area contributed by atoms with Crippen molar-refractivity contribution in [3.8, 4) is 5.75 Å². The highest BCUT2D eigenvalue weighted by atomic mass is 16.5. The Balaban J connectivity index is 3.57. The van der Waals surface area contributed by atoms with Crippen LogP contribution >= 0.6 is 0 Å². The maximum Gasteiger partial charge on any atom is 0.334 e. The Morgan fingerprint density at radius 3 is 2.43 bits per heavy atom. The molecule has 0 bridgehead atoms. The molecule has 0 aliphatic heterocycles. The highest BCUT2D eigenvalue weighted by Gasteiger charge is 2.44. The van der Waals surface area contributed by atoms with Crippen molar-refractivity contribution in [2.75, 3.05) is 13.7 Å². The van der Waals surface area contributed by atoms with Crippen molar-refractivity contribution in [2.45, 2.75) is 39.7 Å². The summed E-state index contributed by atoms with van der Waals surface area (Å²) in [5, 5.41) is 9.79. The third-order valence-corrected chi connectivity index (χ3v) is 3.66. The van der Waals surface area contributed by atoms with Gasteiger partial charge in [-0.15, -0.1) is 0 Å². The molecule has 1 unspecified atom stereocenters. The lowest BCUT2D eigenvalue weighted by atomic mass is 9.87. The smallest absolute Gasteiger partial charge is 0.334 e. The molecule has 1 rings (SSSR count). The molecule has 1 atom stereocenters. The number of ether oxygens (including phenoxy) is 1. The van der Waals surface area contributed by atoms with Crippen molar-refractivity contribution in [2.24, 2.45) is 0 Å². The quantitative estimate of drug-likeness (QED) is 0.875. The van der Waals surface area contributed by atoms with Gasteiger partial charge in [0, 0.05) is 19.0 Å². The van der Waals surface area contributed by atoms with E-state index < -0.39 is 11.5 Å². The molecule has 0 heterocycles. The maximum absolute atomic E-state index is 12.0. The molecule has 0 aliphatic rings. The van der Waals surface area contributed by atoms with Crippen molar-refractivity contribution in [3.05, 3.63) is 29.3 Å². The summed E-state index contributed by atoms with van der Waals surface area (Å²) in [5.41, 5.74) is -0.0569. The van der Waals surface area contributed by atoms with Gasteiger partial charge in [0.2, 0.25) is 5.91 Å². The number of carbonyl (C=O) groups is 2. The molecule has 1 aromatic carbocycles. The summed E-state index contributed by atoms with van der Waals surface area (Å²) in [6.07, 6.45) is 0.677. The fraction of sp³-hybridized carbons (Fsp3) is 0.500. The first kappa shape index (κ1) is 17.0. The lowest BCUT2D eigenvalue weighted by Crippen LogP contribution is -2.52. The first-order valence-corrected chi connectivity index (χ1v) is 6.95. The van der Waals surface area contributed by atoms with Crippen molar-refractivity contribution in [1.82, 2.24) is 4.90 Å². The molecule has 21 heavy (non-hydrogen) atoms. The van der Waals surface area contributed by atoms with Gasteiger partial charge in [-0.2, -0.15) is 0 Å². The van der Waals surface area contributed by atoms with Crippen LogP contribution in [0.3, 0.4) is 0 Å². The van der Waals surface area contributed by atoms with Gasteiger partial charge >= 0.3 is 5.97 Å². The van der Waals surface area contributed by atoms with Crippen LogP contribution in [0.5, 0.6) is 5.75 Å². The molecule has 0 fully saturated rings. The number of benzene rings is 1. The Morgan fingerprint density at radius 1 is 1.38 bits per heavy atom. The molecule has 116 valence electrons. The van der Waals surface area contributed by atoms with Crippen LogP contribution in [0.15, 0.2) is 18.2 Å². The fourth-order valence-electron chi connectivity index (χ4n) is 2.50. The summed E-state index contributed by atoms with van der Waals surface area (Å²) in [7, 11) is 1.49. The number of carbonyl (C=O) groups excluding carboxylic acids is 1. The van der Waals surface area contributed by atoms with Gasteiger partial charge in [0.1, 0.15) is 5.75 Å². The van der Waals surface area contributed by atoms with Crippen molar-refractivity contribution in [3.63, 3.8) is 0 Å². The van der Waals surface area contributed by atoms with E-state index in [1.165, 1.54) is 18.9 Å². The summed E-state index contributed by atoms with van der Waals surface area (Å²) in [4.78, 5) is 25.3. The van der Waals surface area contributed by atoms with E-state index in [-0.39, 0.29) is 5.91 Å². The molecule has 0 saturated heterocycles. The first-order chi connectivity index (χ1) is 9.78. The van der Waals surface area contributed by atoms with Gasteiger partial charge in [-0.25, -0.2) is 4.79 Å². The van der Waals surface area contributed by atoms with Crippen LogP contribution in [-0.2, 0) is 15.1 Å². The number of carboxylic acid groups (broad SMARTS) is 1. The lowest BCUT2D eigenvalue weighted by Gasteiger charge is -2.38. The fourth-order valence-corrected chi connectivity index (χ4v) is 2.50. The molecule has 1 aromatic rings. The van der Waals surface area contributed by atoms with E-state index in [0.717, 1.165) is 5.56 Å². The highest BCUT2D eigenvalue weighted by molar-refractivity contribution is 5.87. The third-order valence-electron chi connectivity index (χ3n) is 3.66. The second-order valence-electron chi connectivity index (χ2n) is 5.25. The summed E-state index contributed by atoms with van der Waals surface area (Å²) >= 11 is 0. The minimum Gasteiger partial charge on any atom is -0.496 e. The number of nitrogens with zero attached hydrogens (tertiary/aromatic N) is 1. The number of methoxy groups -OCH3 is 1. The van der Waals surface area contributed by atoms with Crippen molar-refractivity contribution in [1.29, 1.82) is 0 Å². The Morgan fingerprint density at radius 2 is 2.00 bits per heavy atom. The Labute approximate surface area is 125 Å². The second kappa shape index (κ2) is 6.61. The third kappa shape index (κ3) is 3.17. The van der Waals surface area contributed by atoms with E-state index in [1.54, 1.807) is 19.1 Å². The number of aryl methyl sites for hydroxylation is 1. The average molecular weight is 293 g/mol. The van der Waals surface area contributed by atoms with Gasteiger partial charge in [0.15, 0.2) is 5.54 Å². The minimum absolute atomic E-state index is 0.273. The van der Waals surface area contributed by atoms with E-state index in [1.807, 2.05) is 19.9 Å². The predicted molar refractivity (Wildman–Crippen MR) is 80.4 cm³/mol. The summed E-state index contributed by atoms with van der Waals surface area (Å²) < 4.78 is 5.30. The Kier molecular flexibility index (Phi) is 5.35. The van der Waals surface area contributed by atoms with Gasteiger partial charge in [0.25, 0.3) is 0 Å². The molecule has 5 heteroatoms. The molecule has 0 aromatic heterocycles. The molecular weight excluding hydrogens is 270 g/mol. The van der Waals surface area contributed by atoms with Gasteiger partial charge in [-0.1, -0.05) is 18.6 Å². The van der Waals surface area contributed by atoms with E-state index in [2.05, 4.69) is 0 Å². The standard InChI is InChI=1S/C16H23NO4/c1-6-9-17(12(3)18)16(4,15(19)20)13-10-11(2)7-8-14(13)21-5/h7-8,10H,6,9H2,1-5H3,(H,19,20). The van der Waals surface area contributed by atoms with Crippen LogP contribution in [0.25, 0.3) is 0 Å². The number of hydrogen-bond acceptors (Lipinski definition) is 3. The molecular formula is C16H23NO4. The molecule has 1 amide bonds. The zero-order valence-corrected chi connectivity index (χ0v) is 13.3. The SMILES string of the molecule is CCCN(C(C)=O)C(C)(C(=O)O)c1cc(C)ccc1OC. The van der Waals surface area contributed by atoms with E-state index in [9.17, 15) is 14.7 Å². The van der Waals surface area contributed by atoms with Crippen LogP contribution in [0, 0.1) is 6.92 Å². The Bertz CT molecular complexity index is 541. The second-order valence-corrected chi connectivity index (χ2v) is 5.25. The molecule has 0 radical (unpaired) electrons. The number of aliphatic carboxylic acids is 1. The zero-order valence-electron chi connectivity index (χ0n) is 13.3. The monoisotopic (exact) mass is 293 g/mol. The van der Waals surface area contributed by atoms with Crippen LogP contribution in [0.1, 0.15) is 38.3 Å². The van der Waals surface area contributed by atoms with Crippen LogP contribution in [0.4, 0.5) is 0 Å². The lowest BCUT2D eigenvalue weighted by molar-refractivity contribution is -0.158. The van der Waals surface area contributed by atoms with Gasteiger partial charge < -0.3 is 14.7 Å². The van der Waals surface area contributed by atoms with E-state index in [4.69, 9.17) is 4.74 Å². The molecule has 5 nitrogen and oxygen atoms in total. The van der Waals surface area contributed by atoms with Crippen LogP contribution in [-0.4, -0.2) is 35.5 Å². The highest BCUT2D eigenvalue weighted by Crippen LogP contribution is 2.36. The summed E-state index contributed by atoms with van der Waals surface area (Å²) in [6, 6.07) is 5.34. The maximum atomic E-state index is 12.0. The zero-order chi connectivity index (χ0) is 16.2. The predicted octanol–water partition coefficient (Wildman–Crippen LogP) is 2.56. The first-order valence-electron chi connectivity index (χ1n) is 6.95. The molecule has 0 saturated carbocycles. The topological polar surface area (TPSA) is 66.8 Å². The van der Waals surface area contributed by atoms with Gasteiger partial charge in [-0.3, -0.25) is 4.79 Å². The molecule has 0 spiro atoms. The number of carboxylic acids is 1. The Hall–Kier alpha value is -2.04. The molecule has 0 aliphatic carbocycles.